The van der Waals surface area contributed by atoms with Crippen LogP contribution in [0.3, 0.4) is 0 Å². The molecule has 0 aromatic heterocycles. The maximum atomic E-state index is 14.3. The van der Waals surface area contributed by atoms with Crippen LogP contribution in [0, 0.1) is 18.2 Å². The molecule has 2 rings (SSSR count). The third-order valence-corrected chi connectivity index (χ3v) is 4.75. The van der Waals surface area contributed by atoms with E-state index in [4.69, 9.17) is 0 Å². The molecule has 0 radical (unpaired) electrons. The molecule has 0 aliphatic heterocycles. The summed E-state index contributed by atoms with van der Waals surface area (Å²) in [6.45, 7) is 7.50. The van der Waals surface area contributed by atoms with Crippen LogP contribution in [0.2, 0.25) is 0 Å². The molecule has 1 atom stereocenters. The lowest BCUT2D eigenvalue weighted by Crippen LogP contribution is -2.38. The van der Waals surface area contributed by atoms with Crippen molar-refractivity contribution < 1.29 is 4.39 Å². The minimum absolute atomic E-state index is 0.0593. The molecular weight excluding hydrogens is 249 g/mol. The maximum Gasteiger partial charge on any atom is 0.128 e. The second-order valence-corrected chi connectivity index (χ2v) is 6.63. The topological polar surface area (TPSA) is 12.0 Å². The monoisotopic (exact) mass is 277 g/mol. The molecule has 2 heteroatoms. The lowest BCUT2D eigenvalue weighted by molar-refractivity contribution is 0.142. The van der Waals surface area contributed by atoms with E-state index in [9.17, 15) is 4.39 Å². The third-order valence-electron chi connectivity index (χ3n) is 4.75. The fourth-order valence-electron chi connectivity index (χ4n) is 3.55. The number of halogens is 1. The van der Waals surface area contributed by atoms with Crippen molar-refractivity contribution in [2.24, 2.45) is 5.41 Å². The minimum atomic E-state index is -0.0593. The van der Waals surface area contributed by atoms with Crippen molar-refractivity contribution in [1.82, 2.24) is 5.32 Å². The lowest BCUT2D eigenvalue weighted by Gasteiger charge is -2.42. The number of nitrogens with one attached hydrogen (secondary N) is 1. The molecule has 0 amide bonds. The zero-order chi connectivity index (χ0) is 14.6. The summed E-state index contributed by atoms with van der Waals surface area (Å²) >= 11 is 0. The molecule has 1 saturated carbocycles. The van der Waals surface area contributed by atoms with E-state index in [-0.39, 0.29) is 17.3 Å². The fourth-order valence-corrected chi connectivity index (χ4v) is 3.55. The zero-order valence-corrected chi connectivity index (χ0v) is 13.1. The molecule has 0 spiro atoms. The van der Waals surface area contributed by atoms with Gasteiger partial charge >= 0.3 is 0 Å². The Bertz CT molecular complexity index is 435. The molecule has 0 bridgehead atoms. The molecule has 1 aromatic carbocycles. The quantitative estimate of drug-likeness (QED) is 0.785. The summed E-state index contributed by atoms with van der Waals surface area (Å²) in [5, 5.41) is 3.62. The van der Waals surface area contributed by atoms with Crippen molar-refractivity contribution in [1.29, 1.82) is 0 Å². The fraction of sp³-hybridized carbons (Fsp3) is 0.667. The van der Waals surface area contributed by atoms with Gasteiger partial charge in [-0.25, -0.2) is 4.39 Å². The first kappa shape index (κ1) is 15.5. The van der Waals surface area contributed by atoms with E-state index in [1.54, 1.807) is 6.07 Å². The second-order valence-electron chi connectivity index (χ2n) is 6.63. The highest BCUT2D eigenvalue weighted by Gasteiger charge is 2.37. The largest absolute Gasteiger partial charge is 0.309 e. The van der Waals surface area contributed by atoms with E-state index in [1.807, 2.05) is 19.1 Å². The molecular formula is C18H28FN. The summed E-state index contributed by atoms with van der Waals surface area (Å²) in [6, 6.07) is 5.65. The van der Waals surface area contributed by atoms with Gasteiger partial charge in [0.2, 0.25) is 0 Å². The van der Waals surface area contributed by atoms with Crippen molar-refractivity contribution in [3.05, 3.63) is 35.1 Å². The van der Waals surface area contributed by atoms with E-state index >= 15 is 0 Å². The molecule has 1 fully saturated rings. The van der Waals surface area contributed by atoms with Gasteiger partial charge in [-0.1, -0.05) is 50.8 Å². The Labute approximate surface area is 123 Å². The van der Waals surface area contributed by atoms with Gasteiger partial charge < -0.3 is 5.32 Å². The van der Waals surface area contributed by atoms with Crippen LogP contribution in [0.15, 0.2) is 18.2 Å². The first-order valence-electron chi connectivity index (χ1n) is 8.06. The molecule has 20 heavy (non-hydrogen) atoms. The average molecular weight is 277 g/mol. The Hall–Kier alpha value is -0.890. The van der Waals surface area contributed by atoms with E-state index in [1.165, 1.54) is 32.1 Å². The predicted molar refractivity (Wildman–Crippen MR) is 83.4 cm³/mol. The van der Waals surface area contributed by atoms with Crippen molar-refractivity contribution in [3.8, 4) is 0 Å². The summed E-state index contributed by atoms with van der Waals surface area (Å²) < 4.78 is 14.3. The minimum Gasteiger partial charge on any atom is -0.309 e. The summed E-state index contributed by atoms with van der Waals surface area (Å²) in [4.78, 5) is 0. The Morgan fingerprint density at radius 3 is 2.60 bits per heavy atom. The molecule has 1 unspecified atom stereocenters. The Morgan fingerprint density at radius 2 is 1.95 bits per heavy atom. The molecule has 1 aromatic rings. The summed E-state index contributed by atoms with van der Waals surface area (Å²) in [6.07, 6.45) is 7.35. The van der Waals surface area contributed by atoms with Crippen molar-refractivity contribution >= 4 is 0 Å². The maximum absolute atomic E-state index is 14.3. The standard InChI is InChI=1S/C18H28FN/c1-4-12-20-17(18(3)10-6-5-7-11-18)15-13-14(2)8-9-16(15)19/h8-9,13,17,20H,4-7,10-12H2,1-3H3. The summed E-state index contributed by atoms with van der Waals surface area (Å²) in [7, 11) is 0. The van der Waals surface area contributed by atoms with E-state index in [2.05, 4.69) is 19.2 Å². The number of benzene rings is 1. The van der Waals surface area contributed by atoms with Crippen LogP contribution in [0.25, 0.3) is 0 Å². The number of aryl methyl sites for hydroxylation is 1. The summed E-state index contributed by atoms with van der Waals surface area (Å²) in [5.41, 5.74) is 2.19. The molecule has 0 heterocycles. The van der Waals surface area contributed by atoms with Crippen LogP contribution >= 0.6 is 0 Å². The van der Waals surface area contributed by atoms with Gasteiger partial charge in [0.15, 0.2) is 0 Å². The van der Waals surface area contributed by atoms with Gasteiger partial charge in [-0.3, -0.25) is 0 Å². The zero-order valence-electron chi connectivity index (χ0n) is 13.1. The van der Waals surface area contributed by atoms with Crippen LogP contribution in [0.5, 0.6) is 0 Å². The highest BCUT2D eigenvalue weighted by Crippen LogP contribution is 2.46. The smallest absolute Gasteiger partial charge is 0.128 e. The van der Waals surface area contributed by atoms with Crippen molar-refractivity contribution in [3.63, 3.8) is 0 Å². The van der Waals surface area contributed by atoms with Gasteiger partial charge in [-0.15, -0.1) is 0 Å². The summed E-state index contributed by atoms with van der Waals surface area (Å²) in [5.74, 6) is -0.0593. The normalized spacial score (nSPS) is 19.8. The highest BCUT2D eigenvalue weighted by molar-refractivity contribution is 5.28. The van der Waals surface area contributed by atoms with Gasteiger partial charge in [-0.05, 0) is 44.2 Å². The van der Waals surface area contributed by atoms with Crippen LogP contribution in [-0.2, 0) is 0 Å². The van der Waals surface area contributed by atoms with Gasteiger partial charge in [-0.2, -0.15) is 0 Å². The predicted octanol–water partition coefficient (Wildman–Crippen LogP) is 5.15. The van der Waals surface area contributed by atoms with Crippen LogP contribution in [0.4, 0.5) is 4.39 Å². The SMILES string of the molecule is CCCNC(c1cc(C)ccc1F)C1(C)CCCCC1. The van der Waals surface area contributed by atoms with E-state index in [0.29, 0.717) is 0 Å². The van der Waals surface area contributed by atoms with E-state index < -0.39 is 0 Å². The van der Waals surface area contributed by atoms with Crippen LogP contribution in [0.1, 0.15) is 69.5 Å². The molecule has 1 nitrogen and oxygen atoms in total. The van der Waals surface area contributed by atoms with Gasteiger partial charge in [0.05, 0.1) is 0 Å². The van der Waals surface area contributed by atoms with E-state index in [0.717, 1.165) is 24.1 Å². The van der Waals surface area contributed by atoms with Crippen LogP contribution in [-0.4, -0.2) is 6.54 Å². The highest BCUT2D eigenvalue weighted by atomic mass is 19.1. The Morgan fingerprint density at radius 1 is 1.25 bits per heavy atom. The lowest BCUT2D eigenvalue weighted by atomic mass is 9.68. The Balaban J connectivity index is 2.33. The van der Waals surface area contributed by atoms with Gasteiger partial charge in [0.25, 0.3) is 0 Å². The molecule has 112 valence electrons. The molecule has 1 N–H and O–H groups in total. The third kappa shape index (κ3) is 3.41. The first-order chi connectivity index (χ1) is 9.57. The average Bonchev–Trinajstić information content (AvgIpc) is 2.43. The molecule has 0 saturated heterocycles. The number of rotatable bonds is 5. The number of hydrogen-bond donors (Lipinski definition) is 1. The molecule has 1 aliphatic carbocycles. The van der Waals surface area contributed by atoms with Gasteiger partial charge in [0.1, 0.15) is 5.82 Å². The molecule has 1 aliphatic rings. The second kappa shape index (κ2) is 6.71. The van der Waals surface area contributed by atoms with Crippen LogP contribution < -0.4 is 5.32 Å². The van der Waals surface area contributed by atoms with Crippen molar-refractivity contribution in [2.45, 2.75) is 65.3 Å². The first-order valence-corrected chi connectivity index (χ1v) is 8.06. The van der Waals surface area contributed by atoms with Crippen molar-refractivity contribution in [2.75, 3.05) is 6.54 Å². The number of hydrogen-bond acceptors (Lipinski definition) is 1. The van der Waals surface area contributed by atoms with Gasteiger partial charge in [0, 0.05) is 11.6 Å². The Kier molecular flexibility index (Phi) is 5.20.